The zero-order valence-electron chi connectivity index (χ0n) is 16.3. The molecule has 2 rings (SSSR count). The monoisotopic (exact) mass is 543 g/mol. The van der Waals surface area contributed by atoms with Gasteiger partial charge in [-0.25, -0.2) is 4.99 Å². The molecule has 0 fully saturated rings. The van der Waals surface area contributed by atoms with E-state index < -0.39 is 12.2 Å². The van der Waals surface area contributed by atoms with Gasteiger partial charge in [-0.1, -0.05) is 11.6 Å². The topological polar surface area (TPSA) is 83.7 Å². The SMILES string of the molecule is CCNC(=NCc1cc(Cl)ccc1OC(F)F)NCC(C)(O)c1cnn(C)c1.I. The maximum atomic E-state index is 12.6. The molecule has 162 valence electrons. The van der Waals surface area contributed by atoms with E-state index in [-0.39, 0.29) is 42.8 Å². The van der Waals surface area contributed by atoms with Crippen LogP contribution >= 0.6 is 35.6 Å². The fraction of sp³-hybridized carbons (Fsp3) is 0.444. The van der Waals surface area contributed by atoms with Crippen LogP contribution in [0.3, 0.4) is 0 Å². The summed E-state index contributed by atoms with van der Waals surface area (Å²) in [6.07, 6.45) is 3.32. The van der Waals surface area contributed by atoms with Gasteiger partial charge in [0.1, 0.15) is 11.4 Å². The molecule has 0 aliphatic heterocycles. The van der Waals surface area contributed by atoms with E-state index >= 15 is 0 Å². The van der Waals surface area contributed by atoms with Gasteiger partial charge in [0.05, 0.1) is 19.3 Å². The Kier molecular flexibility index (Phi) is 10.1. The first-order valence-electron chi connectivity index (χ1n) is 8.68. The number of hydrogen-bond donors (Lipinski definition) is 3. The second-order valence-electron chi connectivity index (χ2n) is 6.36. The fourth-order valence-corrected chi connectivity index (χ4v) is 2.64. The Morgan fingerprint density at radius 2 is 2.14 bits per heavy atom. The van der Waals surface area contributed by atoms with Crippen LogP contribution in [-0.2, 0) is 19.2 Å². The average Bonchev–Trinajstić information content (AvgIpc) is 3.06. The van der Waals surface area contributed by atoms with Crippen molar-refractivity contribution in [1.29, 1.82) is 0 Å². The molecule has 1 aromatic heterocycles. The standard InChI is InChI=1S/C18H24ClF2N5O2.HI/c1-4-22-17(24-11-18(2,27)13-9-25-26(3)10-13)23-8-12-7-14(19)5-6-15(12)28-16(20)21;/h5-7,9-10,16,27H,4,8,11H2,1-3H3,(H2,22,23,24);1H. The molecule has 0 aliphatic rings. The highest BCUT2D eigenvalue weighted by Crippen LogP contribution is 2.25. The van der Waals surface area contributed by atoms with Crippen LogP contribution in [0.2, 0.25) is 5.02 Å². The first-order valence-corrected chi connectivity index (χ1v) is 9.06. The van der Waals surface area contributed by atoms with Crippen LogP contribution < -0.4 is 15.4 Å². The van der Waals surface area contributed by atoms with E-state index in [4.69, 9.17) is 11.6 Å². The minimum atomic E-state index is -2.94. The number of ether oxygens (including phenoxy) is 1. The molecule has 0 saturated heterocycles. The third kappa shape index (κ3) is 7.94. The largest absolute Gasteiger partial charge is 0.434 e. The number of alkyl halides is 2. The van der Waals surface area contributed by atoms with Crippen LogP contribution in [0, 0.1) is 0 Å². The number of nitrogens with zero attached hydrogens (tertiary/aromatic N) is 3. The van der Waals surface area contributed by atoms with E-state index in [1.807, 2.05) is 6.92 Å². The molecule has 2 aromatic rings. The van der Waals surface area contributed by atoms with E-state index in [9.17, 15) is 13.9 Å². The predicted molar refractivity (Wildman–Crippen MR) is 119 cm³/mol. The van der Waals surface area contributed by atoms with Gasteiger partial charge >= 0.3 is 6.61 Å². The minimum Gasteiger partial charge on any atom is -0.434 e. The van der Waals surface area contributed by atoms with Gasteiger partial charge in [0.25, 0.3) is 0 Å². The minimum absolute atomic E-state index is 0. The molecule has 29 heavy (non-hydrogen) atoms. The summed E-state index contributed by atoms with van der Waals surface area (Å²) < 4.78 is 31.3. The smallest absolute Gasteiger partial charge is 0.387 e. The van der Waals surface area contributed by atoms with Crippen molar-refractivity contribution in [1.82, 2.24) is 20.4 Å². The molecule has 0 aliphatic carbocycles. The number of rotatable bonds is 8. The molecule has 0 bridgehead atoms. The Hall–Kier alpha value is -1.66. The molecule has 1 unspecified atom stereocenters. The number of nitrogens with one attached hydrogen (secondary N) is 2. The Balaban J connectivity index is 0.00000420. The van der Waals surface area contributed by atoms with Crippen molar-refractivity contribution in [2.24, 2.45) is 12.0 Å². The number of benzene rings is 1. The zero-order chi connectivity index (χ0) is 20.7. The number of aryl methyl sites for hydroxylation is 1. The van der Waals surface area contributed by atoms with Gasteiger partial charge in [0.15, 0.2) is 5.96 Å². The van der Waals surface area contributed by atoms with Crippen LogP contribution in [-0.4, -0.2) is 40.5 Å². The van der Waals surface area contributed by atoms with Crippen molar-refractivity contribution in [3.63, 3.8) is 0 Å². The lowest BCUT2D eigenvalue weighted by molar-refractivity contribution is -0.0504. The number of aliphatic imine (C=N–C) groups is 1. The van der Waals surface area contributed by atoms with Crippen LogP contribution in [0.5, 0.6) is 5.75 Å². The van der Waals surface area contributed by atoms with E-state index in [0.29, 0.717) is 28.7 Å². The third-order valence-electron chi connectivity index (χ3n) is 3.92. The van der Waals surface area contributed by atoms with Crippen molar-refractivity contribution >= 4 is 41.5 Å². The Bertz CT molecular complexity index is 817. The summed E-state index contributed by atoms with van der Waals surface area (Å²) in [6, 6.07) is 4.38. The van der Waals surface area contributed by atoms with Crippen molar-refractivity contribution in [3.05, 3.63) is 46.7 Å². The molecule has 11 heteroatoms. The lowest BCUT2D eigenvalue weighted by Gasteiger charge is -2.23. The molecule has 0 spiro atoms. The van der Waals surface area contributed by atoms with Crippen molar-refractivity contribution in [2.75, 3.05) is 13.1 Å². The molecule has 0 amide bonds. The maximum Gasteiger partial charge on any atom is 0.387 e. The van der Waals surface area contributed by atoms with Gasteiger partial charge < -0.3 is 20.5 Å². The predicted octanol–water partition coefficient (Wildman–Crippen LogP) is 3.26. The molecule has 0 saturated carbocycles. The summed E-state index contributed by atoms with van der Waals surface area (Å²) in [4.78, 5) is 4.37. The van der Waals surface area contributed by atoms with Gasteiger partial charge in [-0.05, 0) is 32.0 Å². The first kappa shape index (κ1) is 25.4. The van der Waals surface area contributed by atoms with Gasteiger partial charge in [-0.3, -0.25) is 4.68 Å². The Morgan fingerprint density at radius 3 is 2.72 bits per heavy atom. The molecule has 0 radical (unpaired) electrons. The molecular formula is C18H25ClF2IN5O2. The van der Waals surface area contributed by atoms with E-state index in [2.05, 4.69) is 25.5 Å². The normalized spacial score (nSPS) is 13.6. The Labute approximate surface area is 190 Å². The summed E-state index contributed by atoms with van der Waals surface area (Å²) in [7, 11) is 1.77. The van der Waals surface area contributed by atoms with Gasteiger partial charge in [-0.2, -0.15) is 13.9 Å². The zero-order valence-corrected chi connectivity index (χ0v) is 19.4. The molecule has 7 nitrogen and oxygen atoms in total. The molecule has 1 heterocycles. The summed E-state index contributed by atoms with van der Waals surface area (Å²) >= 11 is 5.96. The number of guanidine groups is 1. The highest BCUT2D eigenvalue weighted by molar-refractivity contribution is 14.0. The lowest BCUT2D eigenvalue weighted by Crippen LogP contribution is -2.44. The van der Waals surface area contributed by atoms with Crippen LogP contribution in [0.4, 0.5) is 8.78 Å². The average molecular weight is 544 g/mol. The number of aromatic nitrogens is 2. The van der Waals surface area contributed by atoms with E-state index in [0.717, 1.165) is 0 Å². The summed E-state index contributed by atoms with van der Waals surface area (Å²) in [5.41, 5.74) is -0.102. The maximum absolute atomic E-state index is 12.6. The summed E-state index contributed by atoms with van der Waals surface area (Å²) in [5.74, 6) is 0.427. The quantitative estimate of drug-likeness (QED) is 0.271. The Morgan fingerprint density at radius 1 is 1.41 bits per heavy atom. The van der Waals surface area contributed by atoms with Crippen LogP contribution in [0.25, 0.3) is 0 Å². The van der Waals surface area contributed by atoms with Crippen molar-refractivity contribution < 1.29 is 18.6 Å². The second kappa shape index (κ2) is 11.5. The van der Waals surface area contributed by atoms with Crippen molar-refractivity contribution in [3.8, 4) is 5.75 Å². The molecule has 1 aromatic carbocycles. The van der Waals surface area contributed by atoms with Gasteiger partial charge in [-0.15, -0.1) is 24.0 Å². The summed E-state index contributed by atoms with van der Waals surface area (Å²) in [6.45, 7) is 1.42. The van der Waals surface area contributed by atoms with E-state index in [1.54, 1.807) is 31.0 Å². The number of aliphatic hydroxyl groups is 1. The third-order valence-corrected chi connectivity index (χ3v) is 4.15. The van der Waals surface area contributed by atoms with Gasteiger partial charge in [0, 0.05) is 35.9 Å². The first-order chi connectivity index (χ1) is 13.2. The van der Waals surface area contributed by atoms with Gasteiger partial charge in [0.2, 0.25) is 0 Å². The highest BCUT2D eigenvalue weighted by atomic mass is 127. The van der Waals surface area contributed by atoms with Crippen molar-refractivity contribution in [2.45, 2.75) is 32.6 Å². The molecule has 3 N–H and O–H groups in total. The number of halogens is 4. The second-order valence-corrected chi connectivity index (χ2v) is 6.79. The highest BCUT2D eigenvalue weighted by Gasteiger charge is 2.25. The molecule has 1 atom stereocenters. The van der Waals surface area contributed by atoms with Crippen LogP contribution in [0.15, 0.2) is 35.6 Å². The fourth-order valence-electron chi connectivity index (χ4n) is 2.45. The summed E-state index contributed by atoms with van der Waals surface area (Å²) in [5, 5.41) is 21.2. The number of hydrogen-bond acceptors (Lipinski definition) is 4. The van der Waals surface area contributed by atoms with E-state index in [1.165, 1.54) is 18.2 Å². The molecular weight excluding hydrogens is 519 g/mol. The lowest BCUT2D eigenvalue weighted by atomic mass is 10.00. The van der Waals surface area contributed by atoms with Crippen LogP contribution in [0.1, 0.15) is 25.0 Å².